The van der Waals surface area contributed by atoms with Gasteiger partial charge in [-0.3, -0.25) is 19.1 Å². The molecule has 2 aromatic carbocycles. The fourth-order valence-electron chi connectivity index (χ4n) is 3.55. The number of fused-ring (bicyclic) bond motifs is 3. The zero-order chi connectivity index (χ0) is 20.4. The Morgan fingerprint density at radius 3 is 2.62 bits per heavy atom. The average Bonchev–Trinajstić information content (AvgIpc) is 3.22. The Morgan fingerprint density at radius 1 is 1.14 bits per heavy atom. The van der Waals surface area contributed by atoms with Crippen molar-refractivity contribution in [3.63, 3.8) is 0 Å². The van der Waals surface area contributed by atoms with Gasteiger partial charge in [0.1, 0.15) is 11.8 Å². The van der Waals surface area contributed by atoms with E-state index in [-0.39, 0.29) is 18.2 Å². The number of carbonyl (C=O) groups is 2. The van der Waals surface area contributed by atoms with Crippen LogP contribution in [-0.4, -0.2) is 48.7 Å². The molecule has 0 fully saturated rings. The first-order chi connectivity index (χ1) is 14.1. The first-order valence-electron chi connectivity index (χ1n) is 9.33. The van der Waals surface area contributed by atoms with E-state index in [2.05, 4.69) is 10.3 Å². The number of nitrogens with one attached hydrogen (secondary N) is 1. The lowest BCUT2D eigenvalue weighted by atomic mass is 10.1. The zero-order valence-corrected chi connectivity index (χ0v) is 16.3. The molecule has 0 radical (unpaired) electrons. The smallest absolute Gasteiger partial charge is 0.253 e. The van der Waals surface area contributed by atoms with Crippen molar-refractivity contribution in [1.29, 1.82) is 0 Å². The maximum absolute atomic E-state index is 13.1. The maximum atomic E-state index is 13.1. The van der Waals surface area contributed by atoms with Crippen molar-refractivity contribution < 1.29 is 19.1 Å². The first kappa shape index (κ1) is 18.9. The fourth-order valence-corrected chi connectivity index (χ4v) is 3.55. The molecule has 1 aromatic heterocycles. The van der Waals surface area contributed by atoms with E-state index in [0.29, 0.717) is 30.5 Å². The number of methoxy groups -OCH3 is 2. The van der Waals surface area contributed by atoms with Crippen LogP contribution in [0.3, 0.4) is 0 Å². The first-order valence-corrected chi connectivity index (χ1v) is 9.33. The summed E-state index contributed by atoms with van der Waals surface area (Å²) in [5.74, 6) is 0.860. The van der Waals surface area contributed by atoms with Crippen molar-refractivity contribution in [3.8, 4) is 5.75 Å². The summed E-state index contributed by atoms with van der Waals surface area (Å²) in [4.78, 5) is 31.9. The predicted molar refractivity (Wildman–Crippen MR) is 109 cm³/mol. The number of nitrogens with zero attached hydrogens (tertiary/aromatic N) is 3. The number of ether oxygens (including phenoxy) is 2. The molecule has 1 atom stereocenters. The molecule has 4 rings (SSSR count). The van der Waals surface area contributed by atoms with Crippen molar-refractivity contribution in [3.05, 3.63) is 48.5 Å². The molecule has 1 aliphatic heterocycles. The highest BCUT2D eigenvalue weighted by atomic mass is 16.5. The molecule has 150 valence electrons. The highest BCUT2D eigenvalue weighted by molar-refractivity contribution is 6.05. The van der Waals surface area contributed by atoms with E-state index in [4.69, 9.17) is 9.47 Å². The van der Waals surface area contributed by atoms with Crippen LogP contribution in [0.25, 0.3) is 11.0 Å². The third-order valence-electron chi connectivity index (χ3n) is 4.95. The minimum absolute atomic E-state index is 0.0156. The van der Waals surface area contributed by atoms with E-state index in [1.165, 1.54) is 0 Å². The van der Waals surface area contributed by atoms with Gasteiger partial charge in [0.2, 0.25) is 11.9 Å². The van der Waals surface area contributed by atoms with Gasteiger partial charge in [0, 0.05) is 12.8 Å². The van der Waals surface area contributed by atoms with Gasteiger partial charge in [-0.05, 0) is 36.4 Å². The minimum Gasteiger partial charge on any atom is -0.497 e. The molecule has 0 spiro atoms. The summed E-state index contributed by atoms with van der Waals surface area (Å²) in [6.45, 7) is 0.773. The zero-order valence-electron chi connectivity index (χ0n) is 16.3. The largest absolute Gasteiger partial charge is 0.497 e. The molecule has 0 unspecified atom stereocenters. The van der Waals surface area contributed by atoms with E-state index in [0.717, 1.165) is 11.0 Å². The van der Waals surface area contributed by atoms with Gasteiger partial charge in [-0.15, -0.1) is 0 Å². The van der Waals surface area contributed by atoms with Gasteiger partial charge >= 0.3 is 0 Å². The molecule has 2 heterocycles. The summed E-state index contributed by atoms with van der Waals surface area (Å²) in [5.41, 5.74) is 2.27. The van der Waals surface area contributed by atoms with Crippen LogP contribution in [0.15, 0.2) is 48.5 Å². The van der Waals surface area contributed by atoms with Crippen LogP contribution >= 0.6 is 0 Å². The quantitative estimate of drug-likeness (QED) is 0.666. The summed E-state index contributed by atoms with van der Waals surface area (Å²) >= 11 is 0. The van der Waals surface area contributed by atoms with Crippen LogP contribution in [0, 0.1) is 0 Å². The molecule has 1 N–H and O–H groups in total. The molecule has 0 saturated carbocycles. The molecular formula is C21H22N4O4. The van der Waals surface area contributed by atoms with Gasteiger partial charge in [-0.25, -0.2) is 4.98 Å². The standard InChI is InChI=1S/C21H22N4O4/c1-28-12-11-24-20(27)18(25-17-6-4-3-5-16(17)23-21(24)25)13-19(26)22-14-7-9-15(29-2)10-8-14/h3-10,18H,11-13H2,1-2H3,(H,22,26)/t18-/m1/s1. The highest BCUT2D eigenvalue weighted by Crippen LogP contribution is 2.36. The van der Waals surface area contributed by atoms with Gasteiger partial charge in [0.05, 0.1) is 37.7 Å². The molecule has 8 heteroatoms. The second-order valence-electron chi connectivity index (χ2n) is 6.75. The van der Waals surface area contributed by atoms with Crippen molar-refractivity contribution in [2.75, 3.05) is 37.6 Å². The normalized spacial score (nSPS) is 15.6. The van der Waals surface area contributed by atoms with Crippen LogP contribution in [-0.2, 0) is 14.3 Å². The predicted octanol–water partition coefficient (Wildman–Crippen LogP) is 2.61. The van der Waals surface area contributed by atoms with E-state index in [1.54, 1.807) is 43.4 Å². The Morgan fingerprint density at radius 2 is 1.90 bits per heavy atom. The number of imidazole rings is 1. The van der Waals surface area contributed by atoms with E-state index in [1.807, 2.05) is 28.8 Å². The minimum atomic E-state index is -0.646. The number of para-hydroxylation sites is 2. The van der Waals surface area contributed by atoms with E-state index < -0.39 is 6.04 Å². The Bertz CT molecular complexity index is 1040. The Kier molecular flexibility index (Phi) is 5.18. The number of amides is 2. The molecule has 0 aliphatic carbocycles. The molecule has 0 saturated heterocycles. The number of hydrogen-bond donors (Lipinski definition) is 1. The number of rotatable bonds is 7. The van der Waals surface area contributed by atoms with Crippen molar-refractivity contribution >= 4 is 34.5 Å². The fraction of sp³-hybridized carbons (Fsp3) is 0.286. The third-order valence-corrected chi connectivity index (χ3v) is 4.95. The molecule has 29 heavy (non-hydrogen) atoms. The summed E-state index contributed by atoms with van der Waals surface area (Å²) in [7, 11) is 3.17. The lowest BCUT2D eigenvalue weighted by molar-refractivity contribution is -0.124. The lowest BCUT2D eigenvalue weighted by Gasteiger charge is -2.15. The number of anilines is 2. The van der Waals surface area contributed by atoms with Gasteiger partial charge in [-0.2, -0.15) is 0 Å². The van der Waals surface area contributed by atoms with E-state index >= 15 is 0 Å². The molecule has 8 nitrogen and oxygen atoms in total. The van der Waals surface area contributed by atoms with Gasteiger partial charge in [0.15, 0.2) is 0 Å². The van der Waals surface area contributed by atoms with Gasteiger partial charge in [-0.1, -0.05) is 12.1 Å². The van der Waals surface area contributed by atoms with Crippen LogP contribution in [0.2, 0.25) is 0 Å². The Hall–Kier alpha value is -3.39. The number of hydrogen-bond acceptors (Lipinski definition) is 5. The highest BCUT2D eigenvalue weighted by Gasteiger charge is 2.40. The summed E-state index contributed by atoms with van der Waals surface area (Å²) in [6.07, 6.45) is 0.0156. The van der Waals surface area contributed by atoms with Gasteiger partial charge < -0.3 is 14.8 Å². The topological polar surface area (TPSA) is 85.7 Å². The van der Waals surface area contributed by atoms with Crippen molar-refractivity contribution in [1.82, 2.24) is 9.55 Å². The SMILES string of the molecule is COCCN1C(=O)[C@@H](CC(=O)Nc2ccc(OC)cc2)n2c1nc1ccccc12. The van der Waals surface area contributed by atoms with Crippen LogP contribution in [0.4, 0.5) is 11.6 Å². The van der Waals surface area contributed by atoms with Crippen molar-refractivity contribution in [2.24, 2.45) is 0 Å². The lowest BCUT2D eigenvalue weighted by Crippen LogP contribution is -2.33. The Balaban J connectivity index is 1.59. The summed E-state index contributed by atoms with van der Waals surface area (Å²) in [6, 6.07) is 14.0. The monoisotopic (exact) mass is 394 g/mol. The van der Waals surface area contributed by atoms with Crippen molar-refractivity contribution in [2.45, 2.75) is 12.5 Å². The van der Waals surface area contributed by atoms with Crippen LogP contribution < -0.4 is 15.0 Å². The van der Waals surface area contributed by atoms with Gasteiger partial charge in [0.25, 0.3) is 5.91 Å². The van der Waals surface area contributed by atoms with Crippen LogP contribution in [0.1, 0.15) is 12.5 Å². The second-order valence-corrected chi connectivity index (χ2v) is 6.75. The number of benzene rings is 2. The Labute approximate surface area is 168 Å². The second kappa shape index (κ2) is 7.92. The summed E-state index contributed by atoms with van der Waals surface area (Å²) < 4.78 is 12.1. The molecule has 2 amide bonds. The average molecular weight is 394 g/mol. The number of carbonyl (C=O) groups excluding carboxylic acids is 2. The molecule has 1 aliphatic rings. The van der Waals surface area contributed by atoms with Crippen LogP contribution in [0.5, 0.6) is 5.75 Å². The molecule has 0 bridgehead atoms. The summed E-state index contributed by atoms with van der Waals surface area (Å²) in [5, 5.41) is 2.85. The number of aromatic nitrogens is 2. The molecular weight excluding hydrogens is 372 g/mol. The molecule has 3 aromatic rings. The van der Waals surface area contributed by atoms with E-state index in [9.17, 15) is 9.59 Å². The third kappa shape index (κ3) is 3.54. The maximum Gasteiger partial charge on any atom is 0.253 e.